The molecule has 0 spiro atoms. The molecule has 2 N–H and O–H groups in total. The third-order valence-corrected chi connectivity index (χ3v) is 5.16. The number of pyridine rings is 2. The number of methoxy groups -OCH3 is 1. The summed E-state index contributed by atoms with van der Waals surface area (Å²) in [5, 5.41) is 8.63. The summed E-state index contributed by atoms with van der Waals surface area (Å²) in [4.78, 5) is 20.7. The highest BCUT2D eigenvalue weighted by Crippen LogP contribution is 2.34. The second kappa shape index (κ2) is 8.75. The Morgan fingerprint density at radius 1 is 0.935 bits per heavy atom. The van der Waals surface area contributed by atoms with Gasteiger partial charge < -0.3 is 15.4 Å². The Morgan fingerprint density at radius 2 is 1.74 bits per heavy atom. The molecule has 0 unspecified atom stereocenters. The molecule has 4 aromatic rings. The van der Waals surface area contributed by atoms with Crippen molar-refractivity contribution in [1.29, 1.82) is 0 Å². The Hall–Kier alpha value is -3.42. The summed E-state index contributed by atoms with van der Waals surface area (Å²) in [5.74, 6) is -0.212. The average Bonchev–Trinajstić information content (AvgIpc) is 2.77. The number of halogens is 3. The van der Waals surface area contributed by atoms with Gasteiger partial charge in [0, 0.05) is 28.2 Å². The molecule has 156 valence electrons. The molecule has 0 aliphatic heterocycles. The molecule has 6 nitrogen and oxygen atoms in total. The molecule has 31 heavy (non-hydrogen) atoms. The van der Waals surface area contributed by atoms with Crippen molar-refractivity contribution in [2.75, 3.05) is 17.7 Å². The Morgan fingerprint density at radius 3 is 2.55 bits per heavy atom. The number of rotatable bonds is 5. The third kappa shape index (κ3) is 4.38. The van der Waals surface area contributed by atoms with Gasteiger partial charge in [0.05, 0.1) is 29.1 Å². The van der Waals surface area contributed by atoms with Crippen LogP contribution in [0.15, 0.2) is 60.9 Å². The number of hydrogen-bond donors (Lipinski definition) is 2. The first-order valence-corrected chi connectivity index (χ1v) is 9.82. The summed E-state index contributed by atoms with van der Waals surface area (Å²) in [6.45, 7) is 0. The molecule has 4 rings (SSSR count). The van der Waals surface area contributed by atoms with Gasteiger partial charge in [0.25, 0.3) is 0 Å². The fraction of sp³-hybridized carbons (Fsp3) is 0.0455. The predicted molar refractivity (Wildman–Crippen MR) is 120 cm³/mol. The largest absolute Gasteiger partial charge is 0.465 e. The van der Waals surface area contributed by atoms with Crippen LogP contribution in [0.1, 0.15) is 10.4 Å². The van der Waals surface area contributed by atoms with Crippen molar-refractivity contribution in [3.8, 4) is 0 Å². The maximum absolute atomic E-state index is 13.7. The van der Waals surface area contributed by atoms with Gasteiger partial charge in [-0.25, -0.2) is 19.2 Å². The highest BCUT2D eigenvalue weighted by molar-refractivity contribution is 6.35. The number of aromatic nitrogens is 2. The average molecular weight is 457 g/mol. The molecule has 9 heteroatoms. The van der Waals surface area contributed by atoms with E-state index < -0.39 is 11.8 Å². The number of nitrogens with one attached hydrogen (secondary N) is 2. The molecule has 0 atom stereocenters. The summed E-state index contributed by atoms with van der Waals surface area (Å²) in [6, 6.07) is 12.8. The van der Waals surface area contributed by atoms with Crippen molar-refractivity contribution in [2.24, 2.45) is 0 Å². The number of anilines is 4. The third-order valence-electron chi connectivity index (χ3n) is 4.50. The van der Waals surface area contributed by atoms with E-state index in [0.29, 0.717) is 33.1 Å². The monoisotopic (exact) mass is 456 g/mol. The van der Waals surface area contributed by atoms with E-state index in [9.17, 15) is 9.18 Å². The second-order valence-corrected chi connectivity index (χ2v) is 7.29. The molecule has 0 fully saturated rings. The van der Waals surface area contributed by atoms with Gasteiger partial charge in [-0.3, -0.25) is 0 Å². The Labute approximate surface area is 187 Å². The number of fused-ring (bicyclic) bond motifs is 1. The molecule has 0 saturated carbocycles. The van der Waals surface area contributed by atoms with Crippen LogP contribution in [0.4, 0.5) is 27.4 Å². The van der Waals surface area contributed by atoms with Crippen LogP contribution in [-0.2, 0) is 4.74 Å². The molecule has 2 aromatic carbocycles. The van der Waals surface area contributed by atoms with Crippen molar-refractivity contribution in [3.05, 3.63) is 82.4 Å². The van der Waals surface area contributed by atoms with E-state index in [1.807, 2.05) is 12.1 Å². The number of ether oxygens (including phenoxy) is 1. The van der Waals surface area contributed by atoms with Crippen LogP contribution in [0.2, 0.25) is 10.0 Å². The number of carbonyl (C=O) groups excluding carboxylic acids is 1. The summed E-state index contributed by atoms with van der Waals surface area (Å²) in [6.07, 6.45) is 2.96. The number of nitrogens with zero attached hydrogens (tertiary/aromatic N) is 2. The number of benzene rings is 2. The van der Waals surface area contributed by atoms with Crippen LogP contribution >= 0.6 is 23.2 Å². The Balaban J connectivity index is 1.80. The van der Waals surface area contributed by atoms with Gasteiger partial charge in [-0.05, 0) is 36.4 Å². The first kappa shape index (κ1) is 20.8. The van der Waals surface area contributed by atoms with Crippen LogP contribution in [-0.4, -0.2) is 23.0 Å². The molecule has 0 saturated heterocycles. The predicted octanol–water partition coefficient (Wildman–Crippen LogP) is 6.35. The lowest BCUT2D eigenvalue weighted by atomic mass is 10.1. The molecule has 0 amide bonds. The Bertz CT molecular complexity index is 1300. The quantitative estimate of drug-likeness (QED) is 0.340. The van der Waals surface area contributed by atoms with Crippen molar-refractivity contribution < 1.29 is 13.9 Å². The van der Waals surface area contributed by atoms with Crippen LogP contribution in [0.3, 0.4) is 0 Å². The van der Waals surface area contributed by atoms with Gasteiger partial charge in [0.2, 0.25) is 0 Å². The summed E-state index contributed by atoms with van der Waals surface area (Å²) < 4.78 is 18.5. The fourth-order valence-corrected chi connectivity index (χ4v) is 3.41. The number of carbonyl (C=O) groups is 1. The van der Waals surface area contributed by atoms with Crippen molar-refractivity contribution >= 4 is 63.0 Å². The lowest BCUT2D eigenvalue weighted by Gasteiger charge is -2.16. The van der Waals surface area contributed by atoms with Crippen LogP contribution in [0.25, 0.3) is 10.8 Å². The van der Waals surface area contributed by atoms with Gasteiger partial charge >= 0.3 is 5.97 Å². The van der Waals surface area contributed by atoms with Crippen molar-refractivity contribution in [3.63, 3.8) is 0 Å². The van der Waals surface area contributed by atoms with E-state index in [1.54, 1.807) is 24.4 Å². The van der Waals surface area contributed by atoms with Gasteiger partial charge in [-0.2, -0.15) is 0 Å². The van der Waals surface area contributed by atoms with Gasteiger partial charge in [-0.15, -0.1) is 0 Å². The normalized spacial score (nSPS) is 10.7. The molecule has 0 aliphatic carbocycles. The van der Waals surface area contributed by atoms with Gasteiger partial charge in [0.1, 0.15) is 11.6 Å². The standard InChI is InChI=1S/C22H15Cl2FN4O2/c1-31-22(30)12-9-19(21(27-11-12)28-18-10-13(25)5-6-17(18)24)29-20-15-3-2-4-16(23)14(15)7-8-26-20/h2-11H,1H3,(H,26,29)(H,27,28). The zero-order valence-corrected chi connectivity index (χ0v) is 17.6. The summed E-state index contributed by atoms with van der Waals surface area (Å²) >= 11 is 12.5. The van der Waals surface area contributed by atoms with E-state index in [2.05, 4.69) is 20.6 Å². The minimum Gasteiger partial charge on any atom is -0.465 e. The van der Waals surface area contributed by atoms with Crippen molar-refractivity contribution in [1.82, 2.24) is 9.97 Å². The molecule has 0 radical (unpaired) electrons. The fourth-order valence-electron chi connectivity index (χ4n) is 3.01. The van der Waals surface area contributed by atoms with Gasteiger partial charge in [0.15, 0.2) is 5.82 Å². The first-order valence-electron chi connectivity index (χ1n) is 9.07. The first-order chi connectivity index (χ1) is 15.0. The second-order valence-electron chi connectivity index (χ2n) is 6.48. The lowest BCUT2D eigenvalue weighted by molar-refractivity contribution is 0.0600. The van der Waals surface area contributed by atoms with Crippen LogP contribution in [0, 0.1) is 5.82 Å². The molecule has 2 aromatic heterocycles. The lowest BCUT2D eigenvalue weighted by Crippen LogP contribution is -2.07. The highest BCUT2D eigenvalue weighted by atomic mass is 35.5. The van der Waals surface area contributed by atoms with E-state index in [0.717, 1.165) is 10.8 Å². The molecule has 0 aliphatic rings. The van der Waals surface area contributed by atoms with Crippen LogP contribution in [0.5, 0.6) is 0 Å². The Kier molecular flexibility index (Phi) is 5.88. The number of hydrogen-bond acceptors (Lipinski definition) is 6. The SMILES string of the molecule is COC(=O)c1cnc(Nc2cc(F)ccc2Cl)c(Nc2nccc3c(Cl)cccc23)c1. The smallest absolute Gasteiger partial charge is 0.339 e. The van der Waals surface area contributed by atoms with Crippen molar-refractivity contribution in [2.45, 2.75) is 0 Å². The molecular weight excluding hydrogens is 442 g/mol. The molecule has 2 heterocycles. The zero-order chi connectivity index (χ0) is 22.0. The number of esters is 1. The van der Waals surface area contributed by atoms with E-state index in [1.165, 1.54) is 31.5 Å². The highest BCUT2D eigenvalue weighted by Gasteiger charge is 2.15. The van der Waals surface area contributed by atoms with Gasteiger partial charge in [-0.1, -0.05) is 35.3 Å². The van der Waals surface area contributed by atoms with Crippen LogP contribution < -0.4 is 10.6 Å². The van der Waals surface area contributed by atoms with E-state index in [4.69, 9.17) is 27.9 Å². The minimum absolute atomic E-state index is 0.221. The maximum atomic E-state index is 13.7. The topological polar surface area (TPSA) is 76.1 Å². The van der Waals surface area contributed by atoms with E-state index in [-0.39, 0.29) is 5.56 Å². The minimum atomic E-state index is -0.556. The molecular formula is C22H15Cl2FN4O2. The zero-order valence-electron chi connectivity index (χ0n) is 16.1. The summed E-state index contributed by atoms with van der Waals surface area (Å²) in [7, 11) is 1.28. The molecule has 0 bridgehead atoms. The maximum Gasteiger partial charge on any atom is 0.339 e. The summed E-state index contributed by atoms with van der Waals surface area (Å²) in [5.41, 5.74) is 0.944. The van der Waals surface area contributed by atoms with E-state index >= 15 is 0 Å².